The van der Waals surface area contributed by atoms with Crippen LogP contribution in [0.15, 0.2) is 59.4 Å². The van der Waals surface area contributed by atoms with E-state index >= 15 is 0 Å². The lowest BCUT2D eigenvalue weighted by molar-refractivity contribution is 0.241. The number of aromatic nitrogens is 3. The molecule has 1 heterocycles. The molecule has 0 aliphatic rings. The van der Waals surface area contributed by atoms with Gasteiger partial charge in [-0.1, -0.05) is 44.0 Å². The molecule has 6 nitrogen and oxygen atoms in total. The van der Waals surface area contributed by atoms with Crippen LogP contribution in [-0.4, -0.2) is 34.1 Å². The highest BCUT2D eigenvalue weighted by molar-refractivity contribution is 5.34. The van der Waals surface area contributed by atoms with Crippen molar-refractivity contribution in [2.45, 2.75) is 58.4 Å². The van der Waals surface area contributed by atoms with Crippen molar-refractivity contribution in [3.8, 4) is 5.69 Å². The van der Waals surface area contributed by atoms with Crippen LogP contribution in [0.2, 0.25) is 0 Å². The molecule has 0 spiro atoms. The third kappa shape index (κ3) is 7.31. The summed E-state index contributed by atoms with van der Waals surface area (Å²) >= 11 is 0. The summed E-state index contributed by atoms with van der Waals surface area (Å²) in [7, 11) is 0. The fourth-order valence-electron chi connectivity index (χ4n) is 3.11. The number of aryl methyl sites for hydroxylation is 1. The number of allylic oxidation sites excluding steroid dienone is 2. The van der Waals surface area contributed by atoms with Crippen LogP contribution >= 0.6 is 0 Å². The minimum absolute atomic E-state index is 0.199. The number of hydrogen-bond acceptors (Lipinski definition) is 5. The van der Waals surface area contributed by atoms with Gasteiger partial charge in [-0.05, 0) is 44.7 Å². The first-order valence-corrected chi connectivity index (χ1v) is 10.4. The van der Waals surface area contributed by atoms with Crippen LogP contribution < -0.4 is 5.73 Å². The Kier molecular flexibility index (Phi) is 9.86. The predicted molar refractivity (Wildman–Crippen MR) is 119 cm³/mol. The molecule has 2 rings (SSSR count). The zero-order chi connectivity index (χ0) is 20.9. The minimum atomic E-state index is 0.199. The van der Waals surface area contributed by atoms with E-state index in [1.54, 1.807) is 6.20 Å². The second kappa shape index (κ2) is 12.7. The van der Waals surface area contributed by atoms with Crippen LogP contribution in [0.3, 0.4) is 0 Å². The highest BCUT2D eigenvalue weighted by Crippen LogP contribution is 2.16. The van der Waals surface area contributed by atoms with Crippen molar-refractivity contribution in [3.05, 3.63) is 66.1 Å². The summed E-state index contributed by atoms with van der Waals surface area (Å²) in [5.41, 5.74) is 7.33. The molecule has 0 aliphatic heterocycles. The zero-order valence-electron chi connectivity index (χ0n) is 17.6. The van der Waals surface area contributed by atoms with Gasteiger partial charge in [-0.15, -0.1) is 10.2 Å². The van der Waals surface area contributed by atoms with Crippen LogP contribution in [0.5, 0.6) is 0 Å². The molecule has 2 N–H and O–H groups in total. The number of nitrogens with two attached hydrogens (primary N) is 1. The van der Waals surface area contributed by atoms with E-state index < -0.39 is 0 Å². The molecule has 29 heavy (non-hydrogen) atoms. The van der Waals surface area contributed by atoms with Gasteiger partial charge in [0.25, 0.3) is 0 Å². The molecule has 0 amide bonds. The molecule has 1 aromatic heterocycles. The summed E-state index contributed by atoms with van der Waals surface area (Å²) in [6, 6.07) is 10.4. The van der Waals surface area contributed by atoms with E-state index in [2.05, 4.69) is 45.5 Å². The van der Waals surface area contributed by atoms with E-state index in [4.69, 9.17) is 10.5 Å². The molecule has 0 saturated heterocycles. The minimum Gasteiger partial charge on any atom is -0.492 e. The maximum atomic E-state index is 6.27. The topological polar surface area (TPSA) is 78.3 Å². The molecule has 1 unspecified atom stereocenters. The van der Waals surface area contributed by atoms with Crippen LogP contribution in [0, 0.1) is 0 Å². The molecular formula is C23H33N5O. The third-order valence-corrected chi connectivity index (χ3v) is 4.59. The SMILES string of the molecule is C=N/C=C(\C=C/Cc1nnc(CCC(N)CCCC)n1-c1ccccc1)OCC. The van der Waals surface area contributed by atoms with E-state index in [9.17, 15) is 0 Å². The molecule has 0 fully saturated rings. The average molecular weight is 396 g/mol. The molecule has 156 valence electrons. The Bertz CT molecular complexity index is 795. The summed E-state index contributed by atoms with van der Waals surface area (Å²) in [5.74, 6) is 2.50. The van der Waals surface area contributed by atoms with Crippen molar-refractivity contribution >= 4 is 6.72 Å². The standard InChI is InChI=1S/C23H33N5O/c1-4-6-11-19(24)16-17-23-27-26-22(28(23)20-12-8-7-9-13-20)15-10-14-21(18-25-3)29-5-2/h7-10,12-14,18-19H,3-6,11,15-17,24H2,1-2H3/b14-10-,21-18+. The summed E-state index contributed by atoms with van der Waals surface area (Å²) in [6.45, 7) is 8.19. The third-order valence-electron chi connectivity index (χ3n) is 4.59. The Hall–Kier alpha value is -2.73. The van der Waals surface area contributed by atoms with Gasteiger partial charge < -0.3 is 10.5 Å². The summed E-state index contributed by atoms with van der Waals surface area (Å²) in [6.07, 6.45) is 11.2. The number of aliphatic imine (C=N–C) groups is 1. The van der Waals surface area contributed by atoms with Gasteiger partial charge in [-0.2, -0.15) is 0 Å². The van der Waals surface area contributed by atoms with Crippen molar-refractivity contribution < 1.29 is 4.74 Å². The number of benzene rings is 1. The number of hydrogen-bond donors (Lipinski definition) is 1. The second-order valence-electron chi connectivity index (χ2n) is 6.90. The van der Waals surface area contributed by atoms with Crippen molar-refractivity contribution in [3.63, 3.8) is 0 Å². The van der Waals surface area contributed by atoms with Gasteiger partial charge in [0.05, 0.1) is 12.8 Å². The average Bonchev–Trinajstić information content (AvgIpc) is 3.14. The van der Waals surface area contributed by atoms with E-state index in [1.807, 2.05) is 37.3 Å². The first-order chi connectivity index (χ1) is 14.2. The van der Waals surface area contributed by atoms with Gasteiger partial charge in [-0.3, -0.25) is 9.56 Å². The molecule has 1 aromatic carbocycles. The first-order valence-electron chi connectivity index (χ1n) is 10.4. The summed E-state index contributed by atoms with van der Waals surface area (Å²) in [4.78, 5) is 3.78. The van der Waals surface area contributed by atoms with E-state index in [-0.39, 0.29) is 6.04 Å². The Morgan fingerprint density at radius 1 is 1.21 bits per heavy atom. The highest BCUT2D eigenvalue weighted by atomic mass is 16.5. The second-order valence-corrected chi connectivity index (χ2v) is 6.90. The maximum absolute atomic E-state index is 6.27. The van der Waals surface area contributed by atoms with E-state index in [0.717, 1.165) is 43.0 Å². The van der Waals surface area contributed by atoms with Crippen LogP contribution in [0.25, 0.3) is 5.69 Å². The molecule has 0 aliphatic carbocycles. The van der Waals surface area contributed by atoms with Crippen molar-refractivity contribution in [2.75, 3.05) is 6.61 Å². The van der Waals surface area contributed by atoms with Crippen LogP contribution in [0.4, 0.5) is 0 Å². The Balaban J connectivity index is 2.18. The summed E-state index contributed by atoms with van der Waals surface area (Å²) in [5, 5.41) is 8.91. The monoisotopic (exact) mass is 395 g/mol. The molecule has 0 bridgehead atoms. The molecule has 0 saturated carbocycles. The quantitative estimate of drug-likeness (QED) is 0.310. The molecular weight excluding hydrogens is 362 g/mol. The van der Waals surface area contributed by atoms with Crippen LogP contribution in [-0.2, 0) is 17.6 Å². The number of para-hydroxylation sites is 1. The zero-order valence-corrected chi connectivity index (χ0v) is 17.6. The van der Waals surface area contributed by atoms with Crippen molar-refractivity contribution in [1.29, 1.82) is 0 Å². The van der Waals surface area contributed by atoms with Gasteiger partial charge in [0.15, 0.2) is 0 Å². The van der Waals surface area contributed by atoms with Crippen molar-refractivity contribution in [1.82, 2.24) is 14.8 Å². The van der Waals surface area contributed by atoms with Gasteiger partial charge in [0.1, 0.15) is 17.4 Å². The van der Waals surface area contributed by atoms with E-state index in [1.165, 1.54) is 6.42 Å². The predicted octanol–water partition coefficient (Wildman–Crippen LogP) is 4.39. The highest BCUT2D eigenvalue weighted by Gasteiger charge is 2.14. The fraction of sp³-hybridized carbons (Fsp3) is 0.435. The van der Waals surface area contributed by atoms with Gasteiger partial charge in [-0.25, -0.2) is 0 Å². The fourth-order valence-corrected chi connectivity index (χ4v) is 3.11. The number of unbranched alkanes of at least 4 members (excludes halogenated alkanes) is 1. The molecule has 0 radical (unpaired) electrons. The van der Waals surface area contributed by atoms with Gasteiger partial charge in [0.2, 0.25) is 0 Å². The lowest BCUT2D eigenvalue weighted by atomic mass is 10.1. The maximum Gasteiger partial charge on any atom is 0.141 e. The smallest absolute Gasteiger partial charge is 0.141 e. The van der Waals surface area contributed by atoms with Crippen molar-refractivity contribution in [2.24, 2.45) is 10.7 Å². The van der Waals surface area contributed by atoms with Crippen LogP contribution in [0.1, 0.15) is 51.2 Å². The number of rotatable bonds is 13. The molecule has 1 atom stereocenters. The van der Waals surface area contributed by atoms with Gasteiger partial charge >= 0.3 is 0 Å². The number of ether oxygens (including phenoxy) is 1. The van der Waals surface area contributed by atoms with Gasteiger partial charge in [0, 0.05) is 24.6 Å². The Labute approximate surface area is 174 Å². The lowest BCUT2D eigenvalue weighted by Gasteiger charge is -2.13. The molecule has 2 aromatic rings. The molecule has 6 heteroatoms. The first kappa shape index (κ1) is 22.6. The lowest BCUT2D eigenvalue weighted by Crippen LogP contribution is -2.21. The Morgan fingerprint density at radius 3 is 2.66 bits per heavy atom. The Morgan fingerprint density at radius 2 is 1.97 bits per heavy atom. The van der Waals surface area contributed by atoms with E-state index in [0.29, 0.717) is 18.8 Å². The normalized spacial score (nSPS) is 13.0. The number of nitrogens with zero attached hydrogens (tertiary/aromatic N) is 4. The largest absolute Gasteiger partial charge is 0.492 e. The summed E-state index contributed by atoms with van der Waals surface area (Å²) < 4.78 is 7.65.